The van der Waals surface area contributed by atoms with Crippen LogP contribution < -0.4 is 10.6 Å². The summed E-state index contributed by atoms with van der Waals surface area (Å²) in [5.74, 6) is -2.40. The maximum Gasteiger partial charge on any atom is 0.254 e. The van der Waals surface area contributed by atoms with E-state index in [1.165, 1.54) is 13.7 Å². The van der Waals surface area contributed by atoms with Crippen molar-refractivity contribution in [2.45, 2.75) is 31.6 Å². The second kappa shape index (κ2) is 8.38. The van der Waals surface area contributed by atoms with E-state index in [9.17, 15) is 17.6 Å². The molecule has 0 bridgehead atoms. The molecule has 0 spiro atoms. The Morgan fingerprint density at radius 1 is 1.21 bits per heavy atom. The number of fused-ring (bicyclic) bond motifs is 1. The van der Waals surface area contributed by atoms with E-state index >= 15 is 4.39 Å². The first kappa shape index (κ1) is 23.1. The number of nitrogens with zero attached hydrogens (tertiary/aromatic N) is 4. The van der Waals surface area contributed by atoms with Gasteiger partial charge in [0.15, 0.2) is 10.7 Å². The van der Waals surface area contributed by atoms with Gasteiger partial charge in [0, 0.05) is 31.4 Å². The van der Waals surface area contributed by atoms with E-state index in [2.05, 4.69) is 5.10 Å². The van der Waals surface area contributed by atoms with E-state index < -0.39 is 32.4 Å². The standard InChI is InChI=1S/C22H25F2N5O3S/c1-3-27(4-2)33(31,32)22(16-14-15(23)9-10-17(16)24)11-7-12-28(22)21-19(20(25)30)18-8-5-6-13-29(18)26-21/h5-6,8-10,13-14H,3-4,7,11-12H2,1-2H3,(H2,25,30). The number of anilines is 1. The third-order valence-corrected chi connectivity index (χ3v) is 8.87. The first-order valence-corrected chi connectivity index (χ1v) is 12.1. The number of rotatable bonds is 7. The third-order valence-electron chi connectivity index (χ3n) is 6.18. The smallest absolute Gasteiger partial charge is 0.254 e. The first-order chi connectivity index (χ1) is 15.7. The van der Waals surface area contributed by atoms with Crippen molar-refractivity contribution in [2.24, 2.45) is 5.73 Å². The summed E-state index contributed by atoms with van der Waals surface area (Å²) in [7, 11) is -4.28. The second-order valence-corrected chi connectivity index (χ2v) is 9.99. The number of amides is 1. The quantitative estimate of drug-likeness (QED) is 0.564. The van der Waals surface area contributed by atoms with Gasteiger partial charge in [-0.25, -0.2) is 26.0 Å². The summed E-state index contributed by atoms with van der Waals surface area (Å²) in [5.41, 5.74) is 5.77. The van der Waals surface area contributed by atoms with Gasteiger partial charge in [0.05, 0.1) is 5.52 Å². The van der Waals surface area contributed by atoms with Gasteiger partial charge in [-0.05, 0) is 43.2 Å². The van der Waals surface area contributed by atoms with E-state index in [4.69, 9.17) is 5.73 Å². The van der Waals surface area contributed by atoms with Crippen molar-refractivity contribution in [3.63, 3.8) is 0 Å². The molecular weight excluding hydrogens is 452 g/mol. The average molecular weight is 478 g/mol. The molecule has 0 aliphatic carbocycles. The SMILES string of the molecule is CCN(CC)S(=O)(=O)C1(c2cc(F)ccc2F)CCCN1c1nn2ccccc2c1C(N)=O. The van der Waals surface area contributed by atoms with Crippen LogP contribution in [0.25, 0.3) is 5.52 Å². The van der Waals surface area contributed by atoms with Crippen molar-refractivity contribution in [3.8, 4) is 0 Å². The Bertz CT molecular complexity index is 1320. The summed E-state index contributed by atoms with van der Waals surface area (Å²) in [4.78, 5) is 11.9. The Balaban J connectivity index is 2.09. The zero-order valence-electron chi connectivity index (χ0n) is 18.3. The molecule has 8 nitrogen and oxygen atoms in total. The van der Waals surface area contributed by atoms with Crippen molar-refractivity contribution < 1.29 is 22.0 Å². The minimum atomic E-state index is -4.28. The molecule has 1 aliphatic heterocycles. The zero-order chi connectivity index (χ0) is 24.0. The topological polar surface area (TPSA) is 101 Å². The van der Waals surface area contributed by atoms with E-state index in [0.717, 1.165) is 18.2 Å². The molecule has 33 heavy (non-hydrogen) atoms. The highest BCUT2D eigenvalue weighted by Crippen LogP contribution is 2.49. The van der Waals surface area contributed by atoms with Gasteiger partial charge in [-0.2, -0.15) is 0 Å². The van der Waals surface area contributed by atoms with Crippen LogP contribution in [0.3, 0.4) is 0 Å². The first-order valence-electron chi connectivity index (χ1n) is 10.7. The summed E-state index contributed by atoms with van der Waals surface area (Å²) < 4.78 is 60.4. The molecule has 1 aromatic carbocycles. The average Bonchev–Trinajstić information content (AvgIpc) is 3.38. The summed E-state index contributed by atoms with van der Waals surface area (Å²) in [6, 6.07) is 7.80. The fraction of sp³-hybridized carbons (Fsp3) is 0.364. The normalized spacial score (nSPS) is 19.0. The van der Waals surface area contributed by atoms with Crippen LogP contribution in [-0.2, 0) is 14.9 Å². The molecule has 11 heteroatoms. The van der Waals surface area contributed by atoms with E-state index in [1.54, 1.807) is 38.2 Å². The van der Waals surface area contributed by atoms with Gasteiger partial charge in [0.2, 0.25) is 10.0 Å². The van der Waals surface area contributed by atoms with E-state index in [-0.39, 0.29) is 43.0 Å². The van der Waals surface area contributed by atoms with Crippen molar-refractivity contribution >= 4 is 27.3 Å². The Morgan fingerprint density at radius 3 is 2.61 bits per heavy atom. The molecular formula is C22H25F2N5O3S. The number of hydrogen-bond acceptors (Lipinski definition) is 5. The number of sulfonamides is 1. The highest BCUT2D eigenvalue weighted by Gasteiger charge is 2.57. The van der Waals surface area contributed by atoms with E-state index in [1.807, 2.05) is 0 Å². The number of benzene rings is 1. The largest absolute Gasteiger partial charge is 0.365 e. The second-order valence-electron chi connectivity index (χ2n) is 7.85. The Morgan fingerprint density at radius 2 is 1.94 bits per heavy atom. The molecule has 1 aliphatic rings. The van der Waals surface area contributed by atoms with Gasteiger partial charge in [0.1, 0.15) is 17.2 Å². The molecule has 4 rings (SSSR count). The molecule has 1 unspecified atom stereocenters. The number of halogens is 2. The van der Waals surface area contributed by atoms with Crippen molar-refractivity contribution in [1.29, 1.82) is 0 Å². The third kappa shape index (κ3) is 3.37. The van der Waals surface area contributed by atoms with Crippen LogP contribution in [0.15, 0.2) is 42.6 Å². The maximum absolute atomic E-state index is 15.2. The number of carbonyl (C=O) groups excluding carboxylic acids is 1. The molecule has 1 fully saturated rings. The van der Waals surface area contributed by atoms with Gasteiger partial charge >= 0.3 is 0 Å². The fourth-order valence-corrected chi connectivity index (χ4v) is 7.14. The predicted molar refractivity (Wildman–Crippen MR) is 120 cm³/mol. The van der Waals surface area contributed by atoms with Gasteiger partial charge < -0.3 is 10.6 Å². The molecule has 3 heterocycles. The number of primary amides is 1. The highest BCUT2D eigenvalue weighted by molar-refractivity contribution is 7.90. The lowest BCUT2D eigenvalue weighted by Crippen LogP contribution is -2.55. The molecule has 0 radical (unpaired) electrons. The van der Waals surface area contributed by atoms with Crippen LogP contribution in [0.4, 0.5) is 14.6 Å². The van der Waals surface area contributed by atoms with Gasteiger partial charge in [-0.1, -0.05) is 19.9 Å². The molecule has 2 aromatic heterocycles. The Labute approximate surface area is 190 Å². The molecule has 3 aromatic rings. The zero-order valence-corrected chi connectivity index (χ0v) is 19.1. The summed E-state index contributed by atoms with van der Waals surface area (Å²) >= 11 is 0. The summed E-state index contributed by atoms with van der Waals surface area (Å²) in [6.07, 6.45) is 1.94. The number of nitrogens with two attached hydrogens (primary N) is 1. The molecule has 176 valence electrons. The number of pyridine rings is 1. The van der Waals surface area contributed by atoms with Gasteiger partial charge in [0.25, 0.3) is 5.91 Å². The molecule has 1 atom stereocenters. The van der Waals surface area contributed by atoms with Gasteiger partial charge in [-0.3, -0.25) is 4.79 Å². The molecule has 1 saturated heterocycles. The number of hydrogen-bond donors (Lipinski definition) is 1. The number of carbonyl (C=O) groups is 1. The highest BCUT2D eigenvalue weighted by atomic mass is 32.2. The van der Waals surface area contributed by atoms with E-state index in [0.29, 0.717) is 11.9 Å². The number of aromatic nitrogens is 2. The lowest BCUT2D eigenvalue weighted by atomic mass is 10.0. The lowest BCUT2D eigenvalue weighted by molar-refractivity contribution is 0.100. The molecule has 2 N–H and O–H groups in total. The Hall–Kier alpha value is -3.05. The molecule has 0 saturated carbocycles. The van der Waals surface area contributed by atoms with Crippen LogP contribution >= 0.6 is 0 Å². The minimum Gasteiger partial charge on any atom is -0.365 e. The van der Waals surface area contributed by atoms with Crippen LogP contribution in [0.1, 0.15) is 42.6 Å². The minimum absolute atomic E-state index is 0.0156. The Kier molecular flexibility index (Phi) is 5.87. The maximum atomic E-state index is 15.2. The van der Waals surface area contributed by atoms with Crippen molar-refractivity contribution in [2.75, 3.05) is 24.5 Å². The monoisotopic (exact) mass is 477 g/mol. The summed E-state index contributed by atoms with van der Waals surface area (Å²) in [5, 5.41) is 4.46. The van der Waals surface area contributed by atoms with Crippen LogP contribution in [0.5, 0.6) is 0 Å². The van der Waals surface area contributed by atoms with Gasteiger partial charge in [-0.15, -0.1) is 5.10 Å². The predicted octanol–water partition coefficient (Wildman–Crippen LogP) is 2.84. The molecule has 1 amide bonds. The lowest BCUT2D eigenvalue weighted by Gasteiger charge is -2.41. The van der Waals surface area contributed by atoms with Crippen molar-refractivity contribution in [1.82, 2.24) is 13.9 Å². The van der Waals surface area contributed by atoms with Crippen LogP contribution in [-0.4, -0.2) is 47.9 Å². The fourth-order valence-electron chi connectivity index (χ4n) is 4.74. The van der Waals surface area contributed by atoms with Crippen molar-refractivity contribution in [3.05, 3.63) is 65.4 Å². The summed E-state index contributed by atoms with van der Waals surface area (Å²) in [6.45, 7) is 3.78. The van der Waals surface area contributed by atoms with Crippen LogP contribution in [0.2, 0.25) is 0 Å². The van der Waals surface area contributed by atoms with Crippen LogP contribution in [0, 0.1) is 11.6 Å².